The third-order valence-electron chi connectivity index (χ3n) is 7.15. The summed E-state index contributed by atoms with van der Waals surface area (Å²) in [6, 6.07) is 12.4. The minimum absolute atomic E-state index is 0.311. The van der Waals surface area contributed by atoms with Crippen LogP contribution in [0.15, 0.2) is 36.4 Å². The first-order chi connectivity index (χ1) is 16.6. The van der Waals surface area contributed by atoms with E-state index in [1.54, 1.807) is 0 Å². The Hall–Kier alpha value is -1.96. The van der Waals surface area contributed by atoms with E-state index >= 15 is 0 Å². The molecule has 0 spiro atoms. The van der Waals surface area contributed by atoms with E-state index in [2.05, 4.69) is 45.0 Å². The van der Waals surface area contributed by atoms with Gasteiger partial charge < -0.3 is 10.2 Å². The lowest BCUT2D eigenvalue weighted by molar-refractivity contribution is 0.466. The number of hydrogen-bond donors (Lipinski definition) is 2. The molecule has 0 aromatic heterocycles. The minimum atomic E-state index is 0.311. The lowest BCUT2D eigenvalue weighted by atomic mass is 9.84. The minimum Gasteiger partial charge on any atom is -0.508 e. The van der Waals surface area contributed by atoms with Gasteiger partial charge >= 0.3 is 0 Å². The Morgan fingerprint density at radius 1 is 0.529 bits per heavy atom. The van der Waals surface area contributed by atoms with Gasteiger partial charge in [-0.15, -0.1) is 0 Å². The molecule has 0 radical (unpaired) electrons. The van der Waals surface area contributed by atoms with Crippen molar-refractivity contribution < 1.29 is 10.2 Å². The van der Waals surface area contributed by atoms with Crippen molar-refractivity contribution in [3.63, 3.8) is 0 Å². The van der Waals surface area contributed by atoms with Gasteiger partial charge in [-0.25, -0.2) is 0 Å². The van der Waals surface area contributed by atoms with Crippen molar-refractivity contribution >= 4 is 0 Å². The van der Waals surface area contributed by atoms with Crippen LogP contribution in [0.2, 0.25) is 0 Å². The molecule has 0 bridgehead atoms. The van der Waals surface area contributed by atoms with Crippen LogP contribution in [0.3, 0.4) is 0 Å². The smallest absolute Gasteiger partial charge is 0.118 e. The number of hydrogen-bond acceptors (Lipinski definition) is 2. The lowest BCUT2D eigenvalue weighted by Crippen LogP contribution is -2.04. The molecular formula is C32H50O2. The highest BCUT2D eigenvalue weighted by molar-refractivity contribution is 5.44. The number of phenolic OH excluding ortho intramolecular Hbond substituents is 2. The van der Waals surface area contributed by atoms with Gasteiger partial charge in [0.1, 0.15) is 11.5 Å². The van der Waals surface area contributed by atoms with Crippen molar-refractivity contribution in [2.75, 3.05) is 0 Å². The summed E-state index contributed by atoms with van der Waals surface area (Å²) in [5.41, 5.74) is 4.69. The highest BCUT2D eigenvalue weighted by Crippen LogP contribution is 2.35. The second-order valence-corrected chi connectivity index (χ2v) is 10.2. The zero-order valence-corrected chi connectivity index (χ0v) is 22.2. The Bertz CT molecular complexity index is 755. The fourth-order valence-corrected chi connectivity index (χ4v) is 5.12. The van der Waals surface area contributed by atoms with Gasteiger partial charge in [-0.1, -0.05) is 129 Å². The lowest BCUT2D eigenvalue weighted by Gasteiger charge is -2.21. The molecule has 2 N–H and O–H groups in total. The molecule has 0 atom stereocenters. The maximum Gasteiger partial charge on any atom is 0.118 e. The van der Waals surface area contributed by atoms with Crippen molar-refractivity contribution in [2.24, 2.45) is 0 Å². The normalized spacial score (nSPS) is 11.4. The van der Waals surface area contributed by atoms with E-state index < -0.39 is 0 Å². The van der Waals surface area contributed by atoms with Gasteiger partial charge in [0, 0.05) is 5.92 Å². The molecule has 2 heteroatoms. The summed E-state index contributed by atoms with van der Waals surface area (Å²) in [5.74, 6) is 1.14. The van der Waals surface area contributed by atoms with Gasteiger partial charge in [0.05, 0.1) is 0 Å². The van der Waals surface area contributed by atoms with Crippen LogP contribution in [0, 0.1) is 0 Å². The second-order valence-electron chi connectivity index (χ2n) is 10.2. The van der Waals surface area contributed by atoms with Crippen LogP contribution in [0.5, 0.6) is 11.5 Å². The summed E-state index contributed by atoms with van der Waals surface area (Å²) in [6.07, 6.45) is 19.9. The topological polar surface area (TPSA) is 40.5 Å². The molecule has 0 fully saturated rings. The largest absolute Gasteiger partial charge is 0.508 e. The molecular weight excluding hydrogens is 416 g/mol. The molecule has 0 saturated carbocycles. The molecule has 2 nitrogen and oxygen atoms in total. The molecule has 2 aromatic rings. The summed E-state index contributed by atoms with van der Waals surface area (Å²) in [7, 11) is 0. The third-order valence-corrected chi connectivity index (χ3v) is 7.15. The molecule has 0 aliphatic heterocycles. The van der Waals surface area contributed by atoms with Crippen LogP contribution in [0.1, 0.15) is 139 Å². The SMILES string of the molecule is CCCCCCCCCCCCCC(c1ccc(O)c(CCC)c1)c1ccc(O)c(CCC)c1. The molecule has 190 valence electrons. The van der Waals surface area contributed by atoms with Gasteiger partial charge in [-0.2, -0.15) is 0 Å². The van der Waals surface area contributed by atoms with E-state index in [0.717, 1.165) is 43.2 Å². The predicted octanol–water partition coefficient (Wildman–Crippen LogP) is 9.84. The van der Waals surface area contributed by atoms with Gasteiger partial charge in [0.25, 0.3) is 0 Å². The molecule has 0 heterocycles. The van der Waals surface area contributed by atoms with Crippen molar-refractivity contribution in [1.29, 1.82) is 0 Å². The first kappa shape index (κ1) is 28.3. The first-order valence-corrected chi connectivity index (χ1v) is 14.2. The Kier molecular flexibility index (Phi) is 13.8. The molecule has 0 aliphatic carbocycles. The summed E-state index contributed by atoms with van der Waals surface area (Å²) >= 11 is 0. The number of unbranched alkanes of at least 4 members (excludes halogenated alkanes) is 10. The third kappa shape index (κ3) is 9.72. The predicted molar refractivity (Wildman–Crippen MR) is 147 cm³/mol. The number of aromatic hydroxyl groups is 2. The van der Waals surface area contributed by atoms with Gasteiger partial charge in [0.15, 0.2) is 0 Å². The maximum absolute atomic E-state index is 10.3. The fourth-order valence-electron chi connectivity index (χ4n) is 5.12. The Morgan fingerprint density at radius 2 is 0.941 bits per heavy atom. The number of phenols is 2. The average molecular weight is 467 g/mol. The van der Waals surface area contributed by atoms with E-state index in [1.165, 1.54) is 81.8 Å². The fraction of sp³-hybridized carbons (Fsp3) is 0.625. The number of benzene rings is 2. The summed E-state index contributed by atoms with van der Waals surface area (Å²) < 4.78 is 0. The molecule has 34 heavy (non-hydrogen) atoms. The van der Waals surface area contributed by atoms with E-state index in [4.69, 9.17) is 0 Å². The second kappa shape index (κ2) is 16.6. The van der Waals surface area contributed by atoms with Gasteiger partial charge in [-0.3, -0.25) is 0 Å². The van der Waals surface area contributed by atoms with E-state index in [0.29, 0.717) is 17.4 Å². The number of aryl methyl sites for hydroxylation is 2. The standard InChI is InChI=1S/C32H50O2/c1-4-7-8-9-10-11-12-13-14-15-16-19-30(26-20-22-31(33)28(24-26)17-5-2)27-21-23-32(34)29(25-27)18-6-3/h20-25,30,33-34H,4-19H2,1-3H3. The van der Waals surface area contributed by atoms with Crippen LogP contribution >= 0.6 is 0 Å². The van der Waals surface area contributed by atoms with Crippen molar-refractivity contribution in [3.05, 3.63) is 58.7 Å². The van der Waals surface area contributed by atoms with Crippen LogP contribution < -0.4 is 0 Å². The average Bonchev–Trinajstić information content (AvgIpc) is 2.83. The molecule has 0 saturated heterocycles. The maximum atomic E-state index is 10.3. The molecule has 0 aliphatic rings. The van der Waals surface area contributed by atoms with Gasteiger partial charge in [-0.05, 0) is 53.6 Å². The van der Waals surface area contributed by atoms with Crippen LogP contribution in [0.25, 0.3) is 0 Å². The Balaban J connectivity index is 1.98. The first-order valence-electron chi connectivity index (χ1n) is 14.2. The highest BCUT2D eigenvalue weighted by Gasteiger charge is 2.17. The van der Waals surface area contributed by atoms with Crippen LogP contribution in [-0.4, -0.2) is 10.2 Å². The summed E-state index contributed by atoms with van der Waals surface area (Å²) in [4.78, 5) is 0. The molecule has 0 unspecified atom stereocenters. The molecule has 2 rings (SSSR count). The van der Waals surface area contributed by atoms with Crippen molar-refractivity contribution in [2.45, 2.75) is 129 Å². The van der Waals surface area contributed by atoms with E-state index in [1.807, 2.05) is 12.1 Å². The quantitative estimate of drug-likeness (QED) is 0.215. The van der Waals surface area contributed by atoms with E-state index in [-0.39, 0.29) is 0 Å². The van der Waals surface area contributed by atoms with Crippen molar-refractivity contribution in [3.8, 4) is 11.5 Å². The van der Waals surface area contributed by atoms with Crippen molar-refractivity contribution in [1.82, 2.24) is 0 Å². The van der Waals surface area contributed by atoms with Gasteiger partial charge in [0.2, 0.25) is 0 Å². The van der Waals surface area contributed by atoms with Crippen LogP contribution in [-0.2, 0) is 12.8 Å². The van der Waals surface area contributed by atoms with E-state index in [9.17, 15) is 10.2 Å². The Morgan fingerprint density at radius 3 is 1.35 bits per heavy atom. The zero-order chi connectivity index (χ0) is 24.6. The summed E-state index contributed by atoms with van der Waals surface area (Å²) in [6.45, 7) is 6.60. The van der Waals surface area contributed by atoms with Crippen LogP contribution in [0.4, 0.5) is 0 Å². The highest BCUT2D eigenvalue weighted by atomic mass is 16.3. The Labute approximate surface area is 209 Å². The zero-order valence-electron chi connectivity index (χ0n) is 22.2. The summed E-state index contributed by atoms with van der Waals surface area (Å²) in [5, 5.41) is 20.6. The molecule has 2 aromatic carbocycles. The molecule has 0 amide bonds. The monoisotopic (exact) mass is 466 g/mol. The number of rotatable bonds is 18.